The zero-order valence-electron chi connectivity index (χ0n) is 15.7. The van der Waals surface area contributed by atoms with Gasteiger partial charge in [-0.1, -0.05) is 0 Å². The van der Waals surface area contributed by atoms with Crippen LogP contribution in [0, 0.1) is 10.1 Å². The van der Waals surface area contributed by atoms with Crippen molar-refractivity contribution < 1.29 is 24.2 Å². The highest BCUT2D eigenvalue weighted by atomic mass is 16.6. The number of nitro benzene ring substituents is 1. The van der Waals surface area contributed by atoms with E-state index in [-0.39, 0.29) is 36.0 Å². The summed E-state index contributed by atoms with van der Waals surface area (Å²) in [4.78, 5) is 28.2. The largest absolute Gasteiger partial charge is 0.450 e. The number of piperazine rings is 1. The molecule has 1 aromatic carbocycles. The third-order valence-electron chi connectivity index (χ3n) is 4.65. The molecule has 1 N–H and O–H groups in total. The number of ether oxygens (including phenoxy) is 1. The maximum absolute atomic E-state index is 11.9. The zero-order valence-corrected chi connectivity index (χ0v) is 15.7. The number of nitro groups is 1. The summed E-state index contributed by atoms with van der Waals surface area (Å²) in [6, 6.07) is 1.65. The first-order valence-corrected chi connectivity index (χ1v) is 8.90. The number of aliphatic hydroxyl groups is 1. The van der Waals surface area contributed by atoms with E-state index in [9.17, 15) is 20.0 Å². The minimum Gasteiger partial charge on any atom is -0.450 e. The van der Waals surface area contributed by atoms with Crippen molar-refractivity contribution in [3.8, 4) is 0 Å². The molecule has 0 spiro atoms. The Hall–Kier alpha value is -3.15. The summed E-state index contributed by atoms with van der Waals surface area (Å²) in [6.45, 7) is 4.03. The van der Waals surface area contributed by atoms with Gasteiger partial charge in [0, 0.05) is 39.8 Å². The van der Waals surface area contributed by atoms with E-state index in [0.717, 1.165) is 0 Å². The molecule has 0 aliphatic carbocycles. The lowest BCUT2D eigenvalue weighted by atomic mass is 10.1. The van der Waals surface area contributed by atoms with Gasteiger partial charge in [0.05, 0.1) is 23.8 Å². The average molecular weight is 394 g/mol. The van der Waals surface area contributed by atoms with Gasteiger partial charge in [0.15, 0.2) is 5.52 Å². The molecule has 152 valence electrons. The summed E-state index contributed by atoms with van der Waals surface area (Å²) in [6.07, 6.45) is -0.359. The maximum atomic E-state index is 11.9. The van der Waals surface area contributed by atoms with Crippen molar-refractivity contribution in [3.63, 3.8) is 0 Å². The van der Waals surface area contributed by atoms with E-state index in [1.54, 1.807) is 29.8 Å². The molecule has 1 amide bonds. The fourth-order valence-corrected chi connectivity index (χ4v) is 3.23. The molecular formula is C16H22N6O6. The van der Waals surface area contributed by atoms with Gasteiger partial charge >= 0.3 is 11.8 Å². The van der Waals surface area contributed by atoms with Crippen LogP contribution in [-0.4, -0.2) is 84.3 Å². The highest BCUT2D eigenvalue weighted by molar-refractivity contribution is 6.00. The van der Waals surface area contributed by atoms with E-state index in [4.69, 9.17) is 9.37 Å². The van der Waals surface area contributed by atoms with Gasteiger partial charge < -0.3 is 24.5 Å². The fraction of sp³-hybridized carbons (Fsp3) is 0.562. The van der Waals surface area contributed by atoms with Gasteiger partial charge in [-0.25, -0.2) is 9.42 Å². The molecule has 1 aliphatic heterocycles. The highest BCUT2D eigenvalue weighted by Crippen LogP contribution is 2.40. The average Bonchev–Trinajstić information content (AvgIpc) is 3.16. The van der Waals surface area contributed by atoms with Crippen LogP contribution >= 0.6 is 0 Å². The number of anilines is 2. The van der Waals surface area contributed by atoms with Gasteiger partial charge in [-0.15, -0.1) is 0 Å². The number of hydrogen-bond acceptors (Lipinski definition) is 10. The number of likely N-dealkylation sites (N-methyl/N-ethyl adjacent to an activating group) is 1. The molecule has 12 heteroatoms. The number of carbonyl (C=O) groups excluding carboxylic acids is 1. The number of fused-ring (bicyclic) bond motifs is 1. The molecule has 1 aromatic heterocycles. The molecular weight excluding hydrogens is 372 g/mol. The number of carbonyl (C=O) groups is 1. The van der Waals surface area contributed by atoms with E-state index < -0.39 is 4.92 Å². The summed E-state index contributed by atoms with van der Waals surface area (Å²) in [5.74, 6) is 0. The smallest absolute Gasteiger partial charge is 0.409 e. The minimum atomic E-state index is -0.530. The second-order valence-electron chi connectivity index (χ2n) is 6.30. The number of benzene rings is 1. The lowest BCUT2D eigenvalue weighted by Gasteiger charge is -2.35. The van der Waals surface area contributed by atoms with Gasteiger partial charge in [-0.05, 0) is 23.3 Å². The number of rotatable bonds is 6. The van der Waals surface area contributed by atoms with Crippen LogP contribution in [0.4, 0.5) is 21.9 Å². The van der Waals surface area contributed by atoms with Crippen molar-refractivity contribution in [2.75, 3.05) is 62.8 Å². The topological polar surface area (TPSA) is 138 Å². The molecule has 0 atom stereocenters. The predicted octanol–water partition coefficient (Wildman–Crippen LogP) is 0.838. The maximum Gasteiger partial charge on any atom is 0.409 e. The number of aromatic nitrogens is 2. The molecule has 1 saturated heterocycles. The van der Waals surface area contributed by atoms with E-state index in [2.05, 4.69) is 10.3 Å². The Balaban J connectivity index is 1.96. The van der Waals surface area contributed by atoms with Crippen molar-refractivity contribution in [2.24, 2.45) is 0 Å². The van der Waals surface area contributed by atoms with Gasteiger partial charge in [-0.3, -0.25) is 10.1 Å². The molecule has 0 saturated carbocycles. The Labute approximate surface area is 160 Å². The third-order valence-corrected chi connectivity index (χ3v) is 4.65. The van der Waals surface area contributed by atoms with Gasteiger partial charge in [0.1, 0.15) is 5.69 Å². The van der Waals surface area contributed by atoms with Gasteiger partial charge in [0.25, 0.3) is 0 Å². The Morgan fingerprint density at radius 3 is 2.64 bits per heavy atom. The number of amides is 1. The van der Waals surface area contributed by atoms with E-state index >= 15 is 0 Å². The van der Waals surface area contributed by atoms with E-state index in [1.165, 1.54) is 0 Å². The molecule has 1 fully saturated rings. The molecule has 3 rings (SSSR count). The first kappa shape index (κ1) is 19.6. The van der Waals surface area contributed by atoms with Crippen LogP contribution < -0.4 is 9.80 Å². The van der Waals surface area contributed by atoms with Crippen LogP contribution in [0.5, 0.6) is 0 Å². The van der Waals surface area contributed by atoms with Crippen LogP contribution in [0.25, 0.3) is 11.0 Å². The summed E-state index contributed by atoms with van der Waals surface area (Å²) >= 11 is 0. The standard InChI is InChI=1S/C16H22N6O6/c1-3-27-16(24)21-6-4-20(5-7-21)11-10-12(19(2)8-9-23)15(22(25)26)14-13(11)17-28-18-14/h10,23H,3-9H2,1-2H3. The van der Waals surface area contributed by atoms with Crippen molar-refractivity contribution in [1.82, 2.24) is 15.2 Å². The molecule has 12 nitrogen and oxygen atoms in total. The Kier molecular flexibility index (Phi) is 5.78. The monoisotopic (exact) mass is 394 g/mol. The Morgan fingerprint density at radius 2 is 2.04 bits per heavy atom. The fourth-order valence-electron chi connectivity index (χ4n) is 3.23. The quantitative estimate of drug-likeness (QED) is 0.554. The van der Waals surface area contributed by atoms with Gasteiger partial charge in [0.2, 0.25) is 5.52 Å². The number of hydrogen-bond donors (Lipinski definition) is 1. The second kappa shape index (κ2) is 8.25. The number of aliphatic hydroxyl groups excluding tert-OH is 1. The van der Waals surface area contributed by atoms with Crippen LogP contribution in [0.3, 0.4) is 0 Å². The summed E-state index contributed by atoms with van der Waals surface area (Å²) in [5, 5.41) is 28.5. The summed E-state index contributed by atoms with van der Waals surface area (Å²) < 4.78 is 9.82. The zero-order chi connectivity index (χ0) is 20.3. The van der Waals surface area contributed by atoms with Crippen molar-refractivity contribution >= 4 is 34.2 Å². The Morgan fingerprint density at radius 1 is 1.36 bits per heavy atom. The first-order valence-electron chi connectivity index (χ1n) is 8.90. The highest BCUT2D eigenvalue weighted by Gasteiger charge is 2.31. The van der Waals surface area contributed by atoms with Crippen LogP contribution in [0.1, 0.15) is 6.92 Å². The summed E-state index contributed by atoms with van der Waals surface area (Å²) in [7, 11) is 1.65. The third kappa shape index (κ3) is 3.63. The van der Waals surface area contributed by atoms with E-state index in [0.29, 0.717) is 44.2 Å². The lowest BCUT2D eigenvalue weighted by molar-refractivity contribution is -0.382. The van der Waals surface area contributed by atoms with Crippen molar-refractivity contribution in [3.05, 3.63) is 16.2 Å². The van der Waals surface area contributed by atoms with Crippen LogP contribution in [0.2, 0.25) is 0 Å². The van der Waals surface area contributed by atoms with Gasteiger partial charge in [-0.2, -0.15) is 0 Å². The molecule has 2 heterocycles. The Bertz CT molecular complexity index is 863. The second-order valence-corrected chi connectivity index (χ2v) is 6.30. The number of nitrogens with zero attached hydrogens (tertiary/aromatic N) is 6. The normalized spacial score (nSPS) is 14.4. The van der Waals surface area contributed by atoms with Crippen molar-refractivity contribution in [1.29, 1.82) is 0 Å². The molecule has 0 unspecified atom stereocenters. The molecule has 1 aliphatic rings. The molecule has 0 bridgehead atoms. The predicted molar refractivity (Wildman–Crippen MR) is 99.6 cm³/mol. The molecule has 0 radical (unpaired) electrons. The lowest BCUT2D eigenvalue weighted by Crippen LogP contribution is -2.49. The van der Waals surface area contributed by atoms with Crippen LogP contribution in [-0.2, 0) is 4.74 Å². The van der Waals surface area contributed by atoms with Crippen molar-refractivity contribution in [2.45, 2.75) is 6.92 Å². The SMILES string of the molecule is CCOC(=O)N1CCN(c2cc(N(C)CCO)c([N+](=O)[O-])c3nonc23)CC1. The van der Waals surface area contributed by atoms with E-state index in [1.807, 2.05) is 4.90 Å². The van der Waals surface area contributed by atoms with Crippen LogP contribution in [0.15, 0.2) is 10.7 Å². The first-order chi connectivity index (χ1) is 13.5. The summed E-state index contributed by atoms with van der Waals surface area (Å²) in [5.41, 5.74) is 1.06. The minimum absolute atomic E-state index is 0.0510. The molecule has 28 heavy (non-hydrogen) atoms. The molecule has 2 aromatic rings.